The summed E-state index contributed by atoms with van der Waals surface area (Å²) in [7, 11) is 0. The van der Waals surface area contributed by atoms with E-state index in [-0.39, 0.29) is 11.9 Å². The number of H-pyrrole nitrogens is 1. The van der Waals surface area contributed by atoms with E-state index in [2.05, 4.69) is 10.2 Å². The molecule has 0 spiro atoms. The molecule has 1 aliphatic heterocycles. The molecule has 1 N–H and O–H groups in total. The van der Waals surface area contributed by atoms with Gasteiger partial charge in [-0.05, 0) is 60.3 Å². The van der Waals surface area contributed by atoms with Crippen molar-refractivity contribution >= 4 is 40.5 Å². The van der Waals surface area contributed by atoms with E-state index in [9.17, 15) is 9.59 Å². The van der Waals surface area contributed by atoms with E-state index in [0.717, 1.165) is 21.7 Å². The average Bonchev–Trinajstić information content (AvgIpc) is 3.53. The number of aromatic nitrogens is 2. The van der Waals surface area contributed by atoms with Crippen LogP contribution in [0, 0.1) is 0 Å². The Hall–Kier alpha value is -3.42. The van der Waals surface area contributed by atoms with Gasteiger partial charge in [-0.2, -0.15) is 5.10 Å². The molecule has 4 aromatic rings. The van der Waals surface area contributed by atoms with Gasteiger partial charge in [0.15, 0.2) is 5.69 Å². The number of amides is 1. The smallest absolute Gasteiger partial charge is 0.338 e. The lowest BCUT2D eigenvalue weighted by molar-refractivity contribution is 0.0526. The molecular weight excluding hydrogens is 446 g/mol. The third-order valence-electron chi connectivity index (χ3n) is 5.37. The van der Waals surface area contributed by atoms with Crippen LogP contribution in [0.1, 0.15) is 44.9 Å². The van der Waals surface area contributed by atoms with Gasteiger partial charge >= 0.3 is 5.97 Å². The number of esters is 1. The fourth-order valence-corrected chi connectivity index (χ4v) is 4.81. The molecule has 6 nitrogen and oxygen atoms in total. The number of anilines is 1. The SMILES string of the molecule is CCOC(=O)c1ccc(N2C(=O)c3n[nH]c(-c4cccs4)c3C2c2ccc(Cl)cc2)cc1. The number of carbonyl (C=O) groups excluding carboxylic acids is 2. The van der Waals surface area contributed by atoms with Gasteiger partial charge in [-0.15, -0.1) is 11.3 Å². The molecule has 1 aliphatic rings. The highest BCUT2D eigenvalue weighted by atomic mass is 35.5. The van der Waals surface area contributed by atoms with Gasteiger partial charge in [-0.3, -0.25) is 14.8 Å². The average molecular weight is 464 g/mol. The molecular formula is C24H18ClN3O3S. The lowest BCUT2D eigenvalue weighted by Crippen LogP contribution is -2.29. The number of nitrogens with one attached hydrogen (secondary N) is 1. The van der Waals surface area contributed by atoms with Gasteiger partial charge in [0.05, 0.1) is 28.8 Å². The van der Waals surface area contributed by atoms with E-state index < -0.39 is 5.97 Å². The number of thiophene rings is 1. The summed E-state index contributed by atoms with van der Waals surface area (Å²) in [5.41, 5.74) is 4.06. The molecule has 2 aromatic heterocycles. The minimum Gasteiger partial charge on any atom is -0.462 e. The maximum Gasteiger partial charge on any atom is 0.338 e. The maximum atomic E-state index is 13.5. The number of hydrogen-bond acceptors (Lipinski definition) is 5. The number of fused-ring (bicyclic) bond motifs is 1. The molecule has 1 unspecified atom stereocenters. The molecule has 160 valence electrons. The van der Waals surface area contributed by atoms with Gasteiger partial charge in [0.2, 0.25) is 0 Å². The molecule has 1 atom stereocenters. The summed E-state index contributed by atoms with van der Waals surface area (Å²) in [6, 6.07) is 17.9. The van der Waals surface area contributed by atoms with Crippen molar-refractivity contribution in [3.05, 3.63) is 93.5 Å². The highest BCUT2D eigenvalue weighted by molar-refractivity contribution is 7.13. The van der Waals surface area contributed by atoms with Crippen LogP contribution < -0.4 is 4.90 Å². The fourth-order valence-electron chi connectivity index (χ4n) is 3.95. The van der Waals surface area contributed by atoms with Crippen LogP contribution >= 0.6 is 22.9 Å². The fraction of sp³-hybridized carbons (Fsp3) is 0.125. The first kappa shape index (κ1) is 20.5. The topological polar surface area (TPSA) is 75.3 Å². The Labute approximate surface area is 193 Å². The number of aromatic amines is 1. The van der Waals surface area contributed by atoms with Gasteiger partial charge < -0.3 is 4.74 Å². The Kier molecular flexibility index (Phi) is 5.28. The van der Waals surface area contributed by atoms with Gasteiger partial charge in [0, 0.05) is 16.3 Å². The Balaban J connectivity index is 1.62. The first-order valence-electron chi connectivity index (χ1n) is 10.1. The number of ether oxygens (including phenoxy) is 1. The molecule has 8 heteroatoms. The molecule has 0 bridgehead atoms. The number of nitrogens with zero attached hydrogens (tertiary/aromatic N) is 2. The number of carbonyl (C=O) groups is 2. The van der Waals surface area contributed by atoms with E-state index in [0.29, 0.717) is 28.6 Å². The third kappa shape index (κ3) is 3.39. The normalized spacial score (nSPS) is 15.1. The van der Waals surface area contributed by atoms with Crippen molar-refractivity contribution < 1.29 is 14.3 Å². The molecule has 1 amide bonds. The second-order valence-electron chi connectivity index (χ2n) is 7.23. The van der Waals surface area contributed by atoms with Crippen LogP contribution in [0.2, 0.25) is 5.02 Å². The largest absolute Gasteiger partial charge is 0.462 e. The van der Waals surface area contributed by atoms with Crippen molar-refractivity contribution in [1.29, 1.82) is 0 Å². The summed E-state index contributed by atoms with van der Waals surface area (Å²) in [5.74, 6) is -0.600. The van der Waals surface area contributed by atoms with E-state index in [1.807, 2.05) is 41.8 Å². The number of rotatable bonds is 5. The zero-order valence-corrected chi connectivity index (χ0v) is 18.6. The summed E-state index contributed by atoms with van der Waals surface area (Å²) in [6.45, 7) is 2.06. The van der Waals surface area contributed by atoms with Crippen LogP contribution in [-0.2, 0) is 4.74 Å². The summed E-state index contributed by atoms with van der Waals surface area (Å²) >= 11 is 7.70. The molecule has 3 heterocycles. The summed E-state index contributed by atoms with van der Waals surface area (Å²) < 4.78 is 5.07. The summed E-state index contributed by atoms with van der Waals surface area (Å²) in [4.78, 5) is 28.2. The van der Waals surface area contributed by atoms with Crippen molar-refractivity contribution in [2.75, 3.05) is 11.5 Å². The predicted molar refractivity (Wildman–Crippen MR) is 124 cm³/mol. The highest BCUT2D eigenvalue weighted by Crippen LogP contribution is 2.45. The Morgan fingerprint density at radius 2 is 1.91 bits per heavy atom. The van der Waals surface area contributed by atoms with Crippen molar-refractivity contribution in [1.82, 2.24) is 10.2 Å². The maximum absolute atomic E-state index is 13.5. The van der Waals surface area contributed by atoms with Crippen molar-refractivity contribution in [3.63, 3.8) is 0 Å². The molecule has 32 heavy (non-hydrogen) atoms. The molecule has 0 saturated carbocycles. The zero-order valence-electron chi connectivity index (χ0n) is 17.0. The van der Waals surface area contributed by atoms with Gasteiger partial charge in [-0.1, -0.05) is 29.8 Å². The van der Waals surface area contributed by atoms with Crippen LogP contribution in [0.4, 0.5) is 5.69 Å². The minimum atomic E-state index is -0.394. The Morgan fingerprint density at radius 3 is 2.56 bits per heavy atom. The lowest BCUT2D eigenvalue weighted by atomic mass is 9.98. The second-order valence-corrected chi connectivity index (χ2v) is 8.62. The van der Waals surface area contributed by atoms with E-state index in [1.165, 1.54) is 0 Å². The number of benzene rings is 2. The molecule has 0 fully saturated rings. The first-order chi connectivity index (χ1) is 15.6. The summed E-state index contributed by atoms with van der Waals surface area (Å²) in [6.07, 6.45) is 0. The summed E-state index contributed by atoms with van der Waals surface area (Å²) in [5, 5.41) is 10.0. The van der Waals surface area contributed by atoms with Crippen LogP contribution in [0.5, 0.6) is 0 Å². The predicted octanol–water partition coefficient (Wildman–Crippen LogP) is 5.72. The quantitative estimate of drug-likeness (QED) is 0.384. The zero-order chi connectivity index (χ0) is 22.2. The van der Waals surface area contributed by atoms with Gasteiger partial charge in [-0.25, -0.2) is 4.79 Å². The number of hydrogen-bond donors (Lipinski definition) is 1. The van der Waals surface area contributed by atoms with Crippen molar-refractivity contribution in [2.45, 2.75) is 13.0 Å². The highest BCUT2D eigenvalue weighted by Gasteiger charge is 2.43. The molecule has 2 aromatic carbocycles. The molecule has 0 saturated heterocycles. The van der Waals surface area contributed by atoms with E-state index in [4.69, 9.17) is 16.3 Å². The van der Waals surface area contributed by atoms with Gasteiger partial charge in [0.25, 0.3) is 5.91 Å². The van der Waals surface area contributed by atoms with Crippen molar-refractivity contribution in [3.8, 4) is 10.6 Å². The standard InChI is InChI=1S/C24H18ClN3O3S/c1-2-31-24(30)15-7-11-17(12-8-15)28-22(14-5-9-16(25)10-6-14)19-20(18-4-3-13-32-18)26-27-21(19)23(28)29/h3-13,22H,2H2,1H3,(H,26,27). The van der Waals surface area contributed by atoms with E-state index in [1.54, 1.807) is 47.4 Å². The Morgan fingerprint density at radius 1 is 1.16 bits per heavy atom. The lowest BCUT2D eigenvalue weighted by Gasteiger charge is -2.26. The van der Waals surface area contributed by atoms with Gasteiger partial charge in [0.1, 0.15) is 0 Å². The van der Waals surface area contributed by atoms with Crippen LogP contribution in [0.3, 0.4) is 0 Å². The second kappa shape index (κ2) is 8.26. The molecule has 0 aliphatic carbocycles. The molecule has 0 radical (unpaired) electrons. The molecule has 5 rings (SSSR count). The van der Waals surface area contributed by atoms with Crippen molar-refractivity contribution in [2.24, 2.45) is 0 Å². The van der Waals surface area contributed by atoms with E-state index >= 15 is 0 Å². The minimum absolute atomic E-state index is 0.206. The number of halogens is 1. The third-order valence-corrected chi connectivity index (χ3v) is 6.51. The van der Waals surface area contributed by atoms with Crippen LogP contribution in [-0.4, -0.2) is 28.7 Å². The first-order valence-corrected chi connectivity index (χ1v) is 11.3. The van der Waals surface area contributed by atoms with Crippen LogP contribution in [0.25, 0.3) is 10.6 Å². The Bertz CT molecular complexity index is 1280. The van der Waals surface area contributed by atoms with Crippen LogP contribution in [0.15, 0.2) is 66.0 Å². The monoisotopic (exact) mass is 463 g/mol.